The summed E-state index contributed by atoms with van der Waals surface area (Å²) in [5.41, 5.74) is 0.367. The molecule has 1 heterocycles. The lowest BCUT2D eigenvalue weighted by atomic mass is 9.96. The molecule has 1 amide bonds. The Balaban J connectivity index is 2.10. The number of carboxylic acid groups (broad SMARTS) is 1. The average molecular weight is 373 g/mol. The van der Waals surface area contributed by atoms with Crippen LogP contribution in [0.3, 0.4) is 0 Å². The first-order valence-electron chi connectivity index (χ1n) is 7.86. The lowest BCUT2D eigenvalue weighted by molar-refractivity contribution is -0.188. The van der Waals surface area contributed by atoms with Crippen molar-refractivity contribution in [2.75, 3.05) is 13.1 Å². The molecule has 1 fully saturated rings. The second-order valence-electron chi connectivity index (χ2n) is 6.18. The minimum Gasteiger partial charge on any atom is -0.481 e. The molecular formula is C17H18F3NO5. The Bertz CT molecular complexity index is 719. The standard InChI is InChI=1S/C17H18F3NO5/c1-9(22)11-4-3-5-12(6-11)26-10(2)15(23)21-7-13(16(24)25)14(8-21)17(18,19)20/h3-6,10,13-14H,7-8H2,1-2H3,(H,24,25)/t10?,13-,14-/m1/s1. The molecule has 1 saturated heterocycles. The fourth-order valence-corrected chi connectivity index (χ4v) is 2.87. The van der Waals surface area contributed by atoms with E-state index in [9.17, 15) is 27.6 Å². The molecule has 26 heavy (non-hydrogen) atoms. The molecule has 0 spiro atoms. The summed E-state index contributed by atoms with van der Waals surface area (Å²) in [6.07, 6.45) is -5.84. The Labute approximate surface area is 147 Å². The molecule has 2 rings (SSSR count). The lowest BCUT2D eigenvalue weighted by Crippen LogP contribution is -2.40. The first-order chi connectivity index (χ1) is 12.0. The van der Waals surface area contributed by atoms with E-state index in [1.54, 1.807) is 12.1 Å². The van der Waals surface area contributed by atoms with Crippen molar-refractivity contribution >= 4 is 17.7 Å². The van der Waals surface area contributed by atoms with Gasteiger partial charge < -0.3 is 14.7 Å². The van der Waals surface area contributed by atoms with Gasteiger partial charge in [0.2, 0.25) is 0 Å². The van der Waals surface area contributed by atoms with Gasteiger partial charge in [0.25, 0.3) is 5.91 Å². The number of ether oxygens (including phenoxy) is 1. The molecule has 0 radical (unpaired) electrons. The van der Waals surface area contributed by atoms with E-state index in [-0.39, 0.29) is 11.5 Å². The number of alkyl halides is 3. The summed E-state index contributed by atoms with van der Waals surface area (Å²) in [5.74, 6) is -6.13. The van der Waals surface area contributed by atoms with Crippen LogP contribution in [0.1, 0.15) is 24.2 Å². The zero-order valence-electron chi connectivity index (χ0n) is 14.1. The number of aliphatic carboxylic acids is 1. The normalized spacial score (nSPS) is 21.3. The predicted octanol–water partition coefficient (Wildman–Crippen LogP) is 2.38. The number of ketones is 1. The number of hydrogen-bond acceptors (Lipinski definition) is 4. The van der Waals surface area contributed by atoms with Gasteiger partial charge >= 0.3 is 12.1 Å². The molecule has 1 aromatic rings. The number of Topliss-reactive ketones (excluding diaryl/α,β-unsaturated/α-hetero) is 1. The second-order valence-corrected chi connectivity index (χ2v) is 6.18. The minimum absolute atomic E-state index is 0.203. The van der Waals surface area contributed by atoms with E-state index in [0.29, 0.717) is 5.56 Å². The number of rotatable bonds is 5. The van der Waals surface area contributed by atoms with Crippen molar-refractivity contribution in [2.45, 2.75) is 26.1 Å². The van der Waals surface area contributed by atoms with Gasteiger partial charge in [-0.2, -0.15) is 13.2 Å². The van der Waals surface area contributed by atoms with Gasteiger partial charge in [-0.25, -0.2) is 0 Å². The molecular weight excluding hydrogens is 355 g/mol. The Morgan fingerprint density at radius 2 is 1.92 bits per heavy atom. The summed E-state index contributed by atoms with van der Waals surface area (Å²) >= 11 is 0. The van der Waals surface area contributed by atoms with Crippen LogP contribution >= 0.6 is 0 Å². The van der Waals surface area contributed by atoms with Crippen molar-refractivity contribution in [3.63, 3.8) is 0 Å². The third-order valence-electron chi connectivity index (χ3n) is 4.27. The summed E-state index contributed by atoms with van der Waals surface area (Å²) in [7, 11) is 0. The molecule has 0 aromatic heterocycles. The number of likely N-dealkylation sites (tertiary alicyclic amines) is 1. The molecule has 0 saturated carbocycles. The fraction of sp³-hybridized carbons (Fsp3) is 0.471. The third-order valence-corrected chi connectivity index (χ3v) is 4.27. The van der Waals surface area contributed by atoms with Crippen LogP contribution in [0.4, 0.5) is 13.2 Å². The van der Waals surface area contributed by atoms with Crippen LogP contribution in [0.2, 0.25) is 0 Å². The quantitative estimate of drug-likeness (QED) is 0.802. The Morgan fingerprint density at radius 3 is 2.42 bits per heavy atom. The number of halogens is 3. The summed E-state index contributed by atoms with van der Waals surface area (Å²) in [5, 5.41) is 9.00. The maximum Gasteiger partial charge on any atom is 0.394 e. The van der Waals surface area contributed by atoms with Crippen molar-refractivity contribution in [2.24, 2.45) is 11.8 Å². The van der Waals surface area contributed by atoms with E-state index in [1.165, 1.54) is 26.0 Å². The topological polar surface area (TPSA) is 83.9 Å². The molecule has 3 atom stereocenters. The van der Waals surface area contributed by atoms with E-state index in [0.717, 1.165) is 4.90 Å². The van der Waals surface area contributed by atoms with Gasteiger partial charge in [0.15, 0.2) is 11.9 Å². The van der Waals surface area contributed by atoms with Gasteiger partial charge in [-0.3, -0.25) is 14.4 Å². The van der Waals surface area contributed by atoms with E-state index in [4.69, 9.17) is 9.84 Å². The van der Waals surface area contributed by atoms with Crippen LogP contribution < -0.4 is 4.74 Å². The first kappa shape index (κ1) is 19.7. The number of hydrogen-bond donors (Lipinski definition) is 1. The first-order valence-corrected chi connectivity index (χ1v) is 7.86. The van der Waals surface area contributed by atoms with E-state index in [1.807, 2.05) is 0 Å². The highest BCUT2D eigenvalue weighted by Gasteiger charge is 2.53. The van der Waals surface area contributed by atoms with Crippen molar-refractivity contribution in [3.8, 4) is 5.75 Å². The van der Waals surface area contributed by atoms with Crippen LogP contribution in [-0.4, -0.2) is 53.0 Å². The minimum atomic E-state index is -4.71. The SMILES string of the molecule is CC(=O)c1cccc(OC(C)C(=O)N2C[C@@H](C(F)(F)F)[C@H](C(=O)O)C2)c1. The Hall–Kier alpha value is -2.58. The summed E-state index contributed by atoms with van der Waals surface area (Å²) in [4.78, 5) is 35.7. The van der Waals surface area contributed by atoms with Gasteiger partial charge in [0.1, 0.15) is 5.75 Å². The Kier molecular flexibility index (Phi) is 5.58. The molecule has 0 bridgehead atoms. The van der Waals surface area contributed by atoms with Crippen LogP contribution in [0.5, 0.6) is 5.75 Å². The molecule has 1 aromatic carbocycles. The molecule has 1 N–H and O–H groups in total. The van der Waals surface area contributed by atoms with Crippen LogP contribution in [0, 0.1) is 11.8 Å². The van der Waals surface area contributed by atoms with Gasteiger partial charge in [-0.05, 0) is 26.0 Å². The number of amides is 1. The highest BCUT2D eigenvalue weighted by atomic mass is 19.4. The van der Waals surface area contributed by atoms with Crippen LogP contribution in [0.15, 0.2) is 24.3 Å². The highest BCUT2D eigenvalue weighted by Crippen LogP contribution is 2.38. The zero-order chi connectivity index (χ0) is 19.6. The number of carbonyl (C=O) groups is 3. The average Bonchev–Trinajstić information content (AvgIpc) is 3.00. The van der Waals surface area contributed by atoms with Gasteiger partial charge in [0.05, 0.1) is 11.8 Å². The molecule has 1 unspecified atom stereocenters. The number of benzene rings is 1. The van der Waals surface area contributed by atoms with Crippen molar-refractivity contribution in [3.05, 3.63) is 29.8 Å². The number of carbonyl (C=O) groups excluding carboxylic acids is 2. The highest BCUT2D eigenvalue weighted by molar-refractivity contribution is 5.94. The molecule has 9 heteroatoms. The largest absolute Gasteiger partial charge is 0.481 e. The Morgan fingerprint density at radius 1 is 1.27 bits per heavy atom. The molecule has 6 nitrogen and oxygen atoms in total. The smallest absolute Gasteiger partial charge is 0.394 e. The van der Waals surface area contributed by atoms with Crippen molar-refractivity contribution in [1.82, 2.24) is 4.90 Å². The number of carboxylic acids is 1. The summed E-state index contributed by atoms with van der Waals surface area (Å²) < 4.78 is 44.5. The maximum absolute atomic E-state index is 13.0. The lowest BCUT2D eigenvalue weighted by Gasteiger charge is -2.22. The fourth-order valence-electron chi connectivity index (χ4n) is 2.87. The maximum atomic E-state index is 13.0. The van der Waals surface area contributed by atoms with Crippen molar-refractivity contribution < 1.29 is 37.4 Å². The van der Waals surface area contributed by atoms with Gasteiger partial charge in [-0.15, -0.1) is 0 Å². The molecule has 1 aliphatic heterocycles. The predicted molar refractivity (Wildman–Crippen MR) is 83.8 cm³/mol. The van der Waals surface area contributed by atoms with Gasteiger partial charge in [0, 0.05) is 18.7 Å². The summed E-state index contributed by atoms with van der Waals surface area (Å²) in [6.45, 7) is 1.47. The van der Waals surface area contributed by atoms with E-state index in [2.05, 4.69) is 0 Å². The van der Waals surface area contributed by atoms with Crippen molar-refractivity contribution in [1.29, 1.82) is 0 Å². The molecule has 0 aliphatic carbocycles. The monoisotopic (exact) mass is 373 g/mol. The summed E-state index contributed by atoms with van der Waals surface area (Å²) in [6, 6.07) is 6.06. The van der Waals surface area contributed by atoms with Crippen LogP contribution in [-0.2, 0) is 9.59 Å². The van der Waals surface area contributed by atoms with E-state index >= 15 is 0 Å². The zero-order valence-corrected chi connectivity index (χ0v) is 14.1. The molecule has 1 aliphatic rings. The van der Waals surface area contributed by atoms with E-state index < -0.39 is 49.1 Å². The molecule has 142 valence electrons. The second kappa shape index (κ2) is 7.35. The van der Waals surface area contributed by atoms with Gasteiger partial charge in [-0.1, -0.05) is 12.1 Å². The number of nitrogens with zero attached hydrogens (tertiary/aromatic N) is 1. The van der Waals surface area contributed by atoms with Crippen LogP contribution in [0.25, 0.3) is 0 Å². The third kappa shape index (κ3) is 4.33.